The highest BCUT2D eigenvalue weighted by molar-refractivity contribution is 8.06. The summed E-state index contributed by atoms with van der Waals surface area (Å²) in [4.78, 5) is 11.9. The van der Waals surface area contributed by atoms with Crippen molar-refractivity contribution in [2.45, 2.75) is 63.3 Å². The van der Waals surface area contributed by atoms with Crippen LogP contribution in [0.2, 0.25) is 0 Å². The third-order valence-corrected chi connectivity index (χ3v) is 7.15. The van der Waals surface area contributed by atoms with Crippen molar-refractivity contribution in [1.29, 1.82) is 0 Å². The van der Waals surface area contributed by atoms with Crippen LogP contribution in [0.25, 0.3) is 0 Å². The molecule has 2 rings (SSSR count). The Morgan fingerprint density at radius 2 is 1.96 bits per heavy atom. The van der Waals surface area contributed by atoms with Gasteiger partial charge in [0.1, 0.15) is 5.60 Å². The van der Waals surface area contributed by atoms with E-state index in [0.717, 1.165) is 18.3 Å². The number of alkyl carbamates (subject to hydrolysis) is 1. The summed E-state index contributed by atoms with van der Waals surface area (Å²) >= 11 is 4.18. The molecule has 0 bridgehead atoms. The van der Waals surface area contributed by atoms with Crippen molar-refractivity contribution in [3.63, 3.8) is 0 Å². The van der Waals surface area contributed by atoms with Gasteiger partial charge in [-0.2, -0.15) is 23.5 Å². The predicted octanol–water partition coefficient (Wildman–Crippen LogP) is 3.51. The first-order chi connectivity index (χ1) is 10.9. The molecule has 1 saturated heterocycles. The van der Waals surface area contributed by atoms with Crippen LogP contribution < -0.4 is 10.6 Å². The van der Waals surface area contributed by atoms with Crippen molar-refractivity contribution in [2.75, 3.05) is 30.3 Å². The number of ether oxygens (including phenoxy) is 1. The van der Waals surface area contributed by atoms with Gasteiger partial charge in [-0.05, 0) is 39.5 Å². The Kier molecular flexibility index (Phi) is 7.89. The van der Waals surface area contributed by atoms with Crippen molar-refractivity contribution < 1.29 is 9.53 Å². The SMILES string of the molecule is CC(C)(C)OC(=O)NCC1CCCCC1NCC1CSCCS1. The highest BCUT2D eigenvalue weighted by atomic mass is 32.2. The highest BCUT2D eigenvalue weighted by Crippen LogP contribution is 2.26. The van der Waals surface area contributed by atoms with Crippen molar-refractivity contribution in [3.8, 4) is 0 Å². The Morgan fingerprint density at radius 3 is 2.65 bits per heavy atom. The van der Waals surface area contributed by atoms with Gasteiger partial charge < -0.3 is 15.4 Å². The fourth-order valence-corrected chi connectivity index (χ4v) is 5.81. The molecule has 1 saturated carbocycles. The summed E-state index contributed by atoms with van der Waals surface area (Å²) in [6.45, 7) is 7.52. The highest BCUT2D eigenvalue weighted by Gasteiger charge is 2.27. The van der Waals surface area contributed by atoms with Gasteiger partial charge in [-0.15, -0.1) is 0 Å². The Hall–Kier alpha value is -0.0700. The zero-order chi connectivity index (χ0) is 16.7. The lowest BCUT2D eigenvalue weighted by molar-refractivity contribution is 0.0510. The van der Waals surface area contributed by atoms with E-state index in [4.69, 9.17) is 4.74 Å². The maximum atomic E-state index is 11.9. The summed E-state index contributed by atoms with van der Waals surface area (Å²) in [6, 6.07) is 0.534. The molecule has 0 aromatic rings. The number of carbonyl (C=O) groups excluding carboxylic acids is 1. The minimum atomic E-state index is -0.426. The van der Waals surface area contributed by atoms with E-state index >= 15 is 0 Å². The smallest absolute Gasteiger partial charge is 0.407 e. The molecule has 1 amide bonds. The van der Waals surface area contributed by atoms with E-state index in [9.17, 15) is 4.79 Å². The molecule has 1 aliphatic heterocycles. The maximum Gasteiger partial charge on any atom is 0.407 e. The molecule has 6 heteroatoms. The number of amides is 1. The summed E-state index contributed by atoms with van der Waals surface area (Å²) in [5, 5.41) is 7.50. The Bertz CT molecular complexity index is 368. The maximum absolute atomic E-state index is 11.9. The molecular weight excluding hydrogens is 328 g/mol. The molecule has 134 valence electrons. The lowest BCUT2D eigenvalue weighted by atomic mass is 9.84. The molecule has 2 fully saturated rings. The molecule has 23 heavy (non-hydrogen) atoms. The third-order valence-electron chi connectivity index (χ3n) is 4.31. The van der Waals surface area contributed by atoms with Gasteiger partial charge in [-0.1, -0.05) is 12.8 Å². The predicted molar refractivity (Wildman–Crippen MR) is 102 cm³/mol. The second-order valence-corrected chi connectivity index (χ2v) is 10.1. The molecule has 0 aromatic heterocycles. The number of rotatable bonds is 5. The van der Waals surface area contributed by atoms with Crippen LogP contribution in [0.5, 0.6) is 0 Å². The standard InChI is InChI=1S/C17H32N2O2S2/c1-17(2,3)21-16(20)19-10-13-6-4-5-7-15(13)18-11-14-12-22-8-9-23-14/h13-15,18H,4-12H2,1-3H3,(H,19,20). The molecule has 3 unspecified atom stereocenters. The number of hydrogen-bond donors (Lipinski definition) is 2. The van der Waals surface area contributed by atoms with Crippen LogP contribution in [0.15, 0.2) is 0 Å². The number of carbonyl (C=O) groups is 1. The van der Waals surface area contributed by atoms with Crippen molar-refractivity contribution in [1.82, 2.24) is 10.6 Å². The van der Waals surface area contributed by atoms with Crippen LogP contribution in [0, 0.1) is 5.92 Å². The van der Waals surface area contributed by atoms with Crippen LogP contribution in [0.4, 0.5) is 4.79 Å². The summed E-state index contributed by atoms with van der Waals surface area (Å²) in [6.07, 6.45) is 4.70. The van der Waals surface area contributed by atoms with E-state index < -0.39 is 5.60 Å². The van der Waals surface area contributed by atoms with Crippen LogP contribution in [0.1, 0.15) is 46.5 Å². The van der Waals surface area contributed by atoms with Gasteiger partial charge in [0.05, 0.1) is 0 Å². The topological polar surface area (TPSA) is 50.4 Å². The van der Waals surface area contributed by atoms with E-state index in [1.165, 1.54) is 42.9 Å². The largest absolute Gasteiger partial charge is 0.444 e. The average Bonchev–Trinajstić information content (AvgIpc) is 2.51. The first-order valence-corrected chi connectivity index (χ1v) is 11.0. The van der Waals surface area contributed by atoms with Crippen LogP contribution in [0.3, 0.4) is 0 Å². The van der Waals surface area contributed by atoms with E-state index in [1.54, 1.807) is 0 Å². The number of hydrogen-bond acceptors (Lipinski definition) is 5. The molecule has 1 aliphatic carbocycles. The first kappa shape index (κ1) is 19.3. The Labute approximate surface area is 149 Å². The van der Waals surface area contributed by atoms with E-state index in [0.29, 0.717) is 12.0 Å². The van der Waals surface area contributed by atoms with Gasteiger partial charge >= 0.3 is 6.09 Å². The minimum absolute atomic E-state index is 0.291. The third kappa shape index (κ3) is 7.57. The fraction of sp³-hybridized carbons (Fsp3) is 0.941. The van der Waals surface area contributed by atoms with E-state index in [-0.39, 0.29) is 6.09 Å². The molecule has 1 heterocycles. The van der Waals surface area contributed by atoms with Crippen molar-refractivity contribution >= 4 is 29.6 Å². The zero-order valence-corrected chi connectivity index (χ0v) is 16.4. The van der Waals surface area contributed by atoms with Gasteiger partial charge in [0.2, 0.25) is 0 Å². The Balaban J connectivity index is 1.73. The van der Waals surface area contributed by atoms with Gasteiger partial charge in [0.15, 0.2) is 0 Å². The van der Waals surface area contributed by atoms with Gasteiger partial charge in [0.25, 0.3) is 0 Å². The number of nitrogens with one attached hydrogen (secondary N) is 2. The normalized spacial score (nSPS) is 29.1. The minimum Gasteiger partial charge on any atom is -0.444 e. The van der Waals surface area contributed by atoms with E-state index in [2.05, 4.69) is 34.2 Å². The van der Waals surface area contributed by atoms with E-state index in [1.807, 2.05) is 20.8 Å². The molecule has 0 spiro atoms. The van der Waals surface area contributed by atoms with Crippen LogP contribution in [-0.4, -0.2) is 53.3 Å². The second kappa shape index (κ2) is 9.42. The fourth-order valence-electron chi connectivity index (χ4n) is 3.19. The van der Waals surface area contributed by atoms with Crippen molar-refractivity contribution in [3.05, 3.63) is 0 Å². The molecule has 2 N–H and O–H groups in total. The van der Waals surface area contributed by atoms with Crippen LogP contribution >= 0.6 is 23.5 Å². The monoisotopic (exact) mass is 360 g/mol. The molecule has 2 aliphatic rings. The molecule has 4 nitrogen and oxygen atoms in total. The van der Waals surface area contributed by atoms with Crippen LogP contribution in [-0.2, 0) is 4.74 Å². The summed E-state index contributed by atoms with van der Waals surface area (Å²) in [5.41, 5.74) is -0.426. The van der Waals surface area contributed by atoms with Gasteiger partial charge in [-0.25, -0.2) is 4.79 Å². The molecule has 0 radical (unpaired) electrons. The van der Waals surface area contributed by atoms with Crippen molar-refractivity contribution in [2.24, 2.45) is 5.92 Å². The summed E-state index contributed by atoms with van der Waals surface area (Å²) in [7, 11) is 0. The Morgan fingerprint density at radius 1 is 1.17 bits per heavy atom. The second-order valence-electron chi connectivity index (χ2n) is 7.51. The molecule has 3 atom stereocenters. The number of thioether (sulfide) groups is 2. The summed E-state index contributed by atoms with van der Waals surface area (Å²) in [5.74, 6) is 4.38. The molecular formula is C17H32N2O2S2. The molecule has 0 aromatic carbocycles. The quantitative estimate of drug-likeness (QED) is 0.786. The average molecular weight is 361 g/mol. The zero-order valence-electron chi connectivity index (χ0n) is 14.7. The van der Waals surface area contributed by atoms with Gasteiger partial charge in [0, 0.05) is 41.6 Å². The first-order valence-electron chi connectivity index (χ1n) is 8.83. The van der Waals surface area contributed by atoms with Gasteiger partial charge in [-0.3, -0.25) is 0 Å². The lowest BCUT2D eigenvalue weighted by Crippen LogP contribution is -2.47. The lowest BCUT2D eigenvalue weighted by Gasteiger charge is -2.34. The summed E-state index contributed by atoms with van der Waals surface area (Å²) < 4.78 is 5.34.